The van der Waals surface area contributed by atoms with E-state index in [1.54, 1.807) is 0 Å². The molecule has 0 bridgehead atoms. The number of ether oxygens (including phenoxy) is 1. The van der Waals surface area contributed by atoms with Crippen molar-refractivity contribution in [2.45, 2.75) is 67.2 Å². The van der Waals surface area contributed by atoms with E-state index in [1.807, 2.05) is 0 Å². The number of anilines is 2. The molecular weight excluding hydrogens is 601 g/mol. The average molecular weight is 631 g/mol. The van der Waals surface area contributed by atoms with Crippen LogP contribution in [0.4, 0.5) is 37.7 Å². The Hall–Kier alpha value is -2.32. The van der Waals surface area contributed by atoms with Crippen molar-refractivity contribution in [1.82, 2.24) is 4.31 Å². The Morgan fingerprint density at radius 1 is 1.10 bits per heavy atom. The third-order valence-electron chi connectivity index (χ3n) is 7.68. The highest BCUT2D eigenvalue weighted by Crippen LogP contribution is 2.61. The van der Waals surface area contributed by atoms with Gasteiger partial charge in [-0.15, -0.1) is 0 Å². The van der Waals surface area contributed by atoms with E-state index in [0.29, 0.717) is 25.5 Å². The molecule has 1 atom stereocenters. The molecule has 1 aliphatic carbocycles. The maximum atomic E-state index is 14.3. The van der Waals surface area contributed by atoms with Crippen molar-refractivity contribution in [2.24, 2.45) is 0 Å². The third-order valence-corrected chi connectivity index (χ3v) is 11.4. The third kappa shape index (κ3) is 6.38. The van der Waals surface area contributed by atoms with Gasteiger partial charge in [0, 0.05) is 37.8 Å². The van der Waals surface area contributed by atoms with Crippen LogP contribution in [0.15, 0.2) is 41.3 Å². The zero-order valence-electron chi connectivity index (χ0n) is 22.0. The number of likely N-dealkylation sites (N-methyl/N-ethyl adjacent to an activating group) is 1. The van der Waals surface area contributed by atoms with E-state index in [4.69, 9.17) is 4.74 Å². The predicted molar refractivity (Wildman–Crippen MR) is 138 cm³/mol. The van der Waals surface area contributed by atoms with Crippen LogP contribution in [-0.2, 0) is 20.8 Å². The first-order valence-electron chi connectivity index (χ1n) is 12.6. The van der Waals surface area contributed by atoms with E-state index in [0.717, 1.165) is 23.5 Å². The molecule has 1 fully saturated rings. The second-order valence-corrected chi connectivity index (χ2v) is 14.6. The summed E-state index contributed by atoms with van der Waals surface area (Å²) in [6.45, 7) is -0.454. The summed E-state index contributed by atoms with van der Waals surface area (Å²) < 4.78 is 130. The summed E-state index contributed by atoms with van der Waals surface area (Å²) in [5.74, 6) is -4.76. The highest BCUT2D eigenvalue weighted by Gasteiger charge is 2.53. The molecule has 2 aromatic carbocycles. The first-order valence-corrected chi connectivity index (χ1v) is 15.6. The van der Waals surface area contributed by atoms with Crippen LogP contribution >= 0.6 is 7.60 Å². The Labute approximate surface area is 233 Å². The molecule has 4 rings (SSSR count). The molecule has 0 spiro atoms. The summed E-state index contributed by atoms with van der Waals surface area (Å²) in [6.07, 6.45) is -5.70. The van der Waals surface area contributed by atoms with Gasteiger partial charge in [-0.25, -0.2) is 21.6 Å². The molecule has 41 heavy (non-hydrogen) atoms. The Kier molecular flexibility index (Phi) is 8.29. The fraction of sp³-hybridized carbons (Fsp3) is 0.520. The van der Waals surface area contributed by atoms with Crippen molar-refractivity contribution in [2.75, 3.05) is 25.1 Å². The van der Waals surface area contributed by atoms with Crippen LogP contribution in [0.25, 0.3) is 0 Å². The number of hydrogen-bond acceptors (Lipinski definition) is 5. The van der Waals surface area contributed by atoms with E-state index >= 15 is 0 Å². The van der Waals surface area contributed by atoms with Crippen molar-refractivity contribution < 1.29 is 53.8 Å². The van der Waals surface area contributed by atoms with Gasteiger partial charge in [-0.05, 0) is 56.5 Å². The number of rotatable bonds is 8. The quantitative estimate of drug-likeness (QED) is 0.276. The maximum Gasteiger partial charge on any atom is 0.420 e. The van der Waals surface area contributed by atoms with Gasteiger partial charge in [0.15, 0.2) is 0 Å². The number of benzene rings is 2. The van der Waals surface area contributed by atoms with Crippen LogP contribution in [0.2, 0.25) is 0 Å². The number of sulfonamides is 1. The molecule has 0 amide bonds. The average Bonchev–Trinajstić information content (AvgIpc) is 2.88. The fourth-order valence-electron chi connectivity index (χ4n) is 4.96. The minimum Gasteiger partial charge on any atom is -0.492 e. The molecule has 2 aromatic rings. The lowest BCUT2D eigenvalue weighted by Gasteiger charge is -2.41. The lowest BCUT2D eigenvalue weighted by Crippen LogP contribution is -2.42. The molecule has 228 valence electrons. The highest BCUT2D eigenvalue weighted by molar-refractivity contribution is 7.89. The summed E-state index contributed by atoms with van der Waals surface area (Å²) in [6, 6.07) is 4.56. The SMILES string of the molecule is CN1[C@H](CCC(C)(F)F)CN(c2ccc(F)cc2)c2cc(C(F)(F)F)c(OCC3(P(=O)(O)O)CCC3)cc2S1(=O)=O. The molecule has 0 radical (unpaired) electrons. The highest BCUT2D eigenvalue weighted by atomic mass is 32.2. The number of halogens is 6. The van der Waals surface area contributed by atoms with Gasteiger partial charge in [0.25, 0.3) is 0 Å². The number of hydrogen-bond donors (Lipinski definition) is 2. The van der Waals surface area contributed by atoms with Gasteiger partial charge in [-0.3, -0.25) is 4.57 Å². The second kappa shape index (κ2) is 10.7. The zero-order chi connectivity index (χ0) is 30.6. The Morgan fingerprint density at radius 3 is 2.20 bits per heavy atom. The van der Waals surface area contributed by atoms with E-state index in [-0.39, 0.29) is 31.5 Å². The monoisotopic (exact) mass is 630 g/mol. The molecule has 2 N–H and O–H groups in total. The molecular formula is C25H29F6N2O6PS. The van der Waals surface area contributed by atoms with Gasteiger partial charge in [-0.2, -0.15) is 17.5 Å². The minimum atomic E-state index is -5.08. The molecule has 0 aromatic heterocycles. The van der Waals surface area contributed by atoms with Gasteiger partial charge in [0.05, 0.1) is 11.3 Å². The van der Waals surface area contributed by atoms with Crippen molar-refractivity contribution in [3.63, 3.8) is 0 Å². The first kappa shape index (κ1) is 31.6. The summed E-state index contributed by atoms with van der Waals surface area (Å²) in [5.41, 5.74) is -1.73. The largest absolute Gasteiger partial charge is 0.492 e. The van der Waals surface area contributed by atoms with Crippen LogP contribution in [0.1, 0.15) is 44.6 Å². The predicted octanol–water partition coefficient (Wildman–Crippen LogP) is 5.90. The van der Waals surface area contributed by atoms with E-state index in [9.17, 15) is 49.1 Å². The Morgan fingerprint density at radius 2 is 1.71 bits per heavy atom. The van der Waals surface area contributed by atoms with Crippen molar-refractivity contribution in [3.8, 4) is 5.75 Å². The van der Waals surface area contributed by atoms with Crippen molar-refractivity contribution in [3.05, 3.63) is 47.8 Å². The molecule has 0 saturated heterocycles. The first-order chi connectivity index (χ1) is 18.8. The van der Waals surface area contributed by atoms with E-state index in [2.05, 4.69) is 0 Å². The van der Waals surface area contributed by atoms with Crippen LogP contribution in [-0.4, -0.2) is 59.8 Å². The normalized spacial score (nSPS) is 21.1. The van der Waals surface area contributed by atoms with Crippen LogP contribution in [0.3, 0.4) is 0 Å². The van der Waals surface area contributed by atoms with Gasteiger partial charge >= 0.3 is 13.8 Å². The molecule has 0 unspecified atom stereocenters. The lowest BCUT2D eigenvalue weighted by molar-refractivity contribution is -0.139. The van der Waals surface area contributed by atoms with Crippen LogP contribution < -0.4 is 9.64 Å². The smallest absolute Gasteiger partial charge is 0.420 e. The standard InChI is InChI=1S/C25H29F6N2O6PS/c1-23(27,28)11-8-18-14-33(17-6-4-16(26)5-7-17)20-12-19(25(29,30)31)21(13-22(20)41(37,38)32(18)2)39-15-24(9-3-10-24)40(34,35)36/h4-7,12-13,18H,3,8-11,14-15H2,1-2H3,(H2,34,35,36)/t18-/m1/s1. The number of nitrogens with zero attached hydrogens (tertiary/aromatic N) is 2. The summed E-state index contributed by atoms with van der Waals surface area (Å²) in [7, 11) is -8.26. The van der Waals surface area contributed by atoms with Crippen LogP contribution in [0, 0.1) is 5.82 Å². The molecule has 16 heteroatoms. The van der Waals surface area contributed by atoms with Crippen molar-refractivity contribution in [1.29, 1.82) is 0 Å². The van der Waals surface area contributed by atoms with Gasteiger partial charge in [0.2, 0.25) is 15.9 Å². The second-order valence-electron chi connectivity index (χ2n) is 10.6. The minimum absolute atomic E-state index is 0.00664. The number of fused-ring (bicyclic) bond motifs is 1. The molecule has 8 nitrogen and oxygen atoms in total. The summed E-state index contributed by atoms with van der Waals surface area (Å²) in [5, 5.41) is -1.70. The topological polar surface area (TPSA) is 107 Å². The van der Waals surface area contributed by atoms with Gasteiger partial charge in [0.1, 0.15) is 28.2 Å². The Bertz CT molecular complexity index is 1440. The summed E-state index contributed by atoms with van der Waals surface area (Å²) in [4.78, 5) is 20.1. The molecule has 1 aliphatic heterocycles. The Balaban J connectivity index is 1.89. The van der Waals surface area contributed by atoms with E-state index < -0.39 is 81.7 Å². The van der Waals surface area contributed by atoms with E-state index in [1.165, 1.54) is 17.0 Å². The van der Waals surface area contributed by atoms with Crippen LogP contribution in [0.5, 0.6) is 5.75 Å². The van der Waals surface area contributed by atoms with Crippen molar-refractivity contribution >= 4 is 29.0 Å². The molecule has 1 heterocycles. The lowest BCUT2D eigenvalue weighted by atomic mass is 9.85. The number of alkyl halides is 5. The zero-order valence-corrected chi connectivity index (χ0v) is 23.7. The molecule has 1 saturated carbocycles. The fourth-order valence-corrected chi connectivity index (χ4v) is 7.65. The van der Waals surface area contributed by atoms with Gasteiger partial charge in [-0.1, -0.05) is 6.42 Å². The summed E-state index contributed by atoms with van der Waals surface area (Å²) >= 11 is 0. The molecule has 2 aliphatic rings. The van der Waals surface area contributed by atoms with Gasteiger partial charge < -0.3 is 19.4 Å². The maximum absolute atomic E-state index is 14.3.